The van der Waals surface area contributed by atoms with Gasteiger partial charge in [-0.3, -0.25) is 13.9 Å². The van der Waals surface area contributed by atoms with Crippen molar-refractivity contribution < 1.29 is 18.0 Å². The van der Waals surface area contributed by atoms with Crippen LogP contribution < -0.4 is 9.62 Å². The van der Waals surface area contributed by atoms with E-state index >= 15 is 0 Å². The summed E-state index contributed by atoms with van der Waals surface area (Å²) in [6, 6.07) is 13.9. The molecule has 0 unspecified atom stereocenters. The molecule has 0 fully saturated rings. The first-order chi connectivity index (χ1) is 16.0. The summed E-state index contributed by atoms with van der Waals surface area (Å²) in [5.41, 5.74) is 3.21. The molecule has 2 aromatic rings. The third-order valence-electron chi connectivity index (χ3n) is 5.96. The smallest absolute Gasteiger partial charge is 0.244 e. The van der Waals surface area contributed by atoms with Crippen molar-refractivity contribution in [3.8, 4) is 0 Å². The lowest BCUT2D eigenvalue weighted by atomic mass is 10.1. The van der Waals surface area contributed by atoms with Gasteiger partial charge in [0.15, 0.2) is 0 Å². The van der Waals surface area contributed by atoms with Gasteiger partial charge in [-0.1, -0.05) is 50.2 Å². The average molecular weight is 488 g/mol. The number of hydrogen-bond donors (Lipinski definition) is 1. The van der Waals surface area contributed by atoms with E-state index in [1.807, 2.05) is 65.0 Å². The van der Waals surface area contributed by atoms with Gasteiger partial charge in [-0.05, 0) is 62.4 Å². The van der Waals surface area contributed by atoms with E-state index in [2.05, 4.69) is 5.32 Å². The Morgan fingerprint density at radius 1 is 1.00 bits per heavy atom. The molecule has 0 saturated heterocycles. The Bertz CT molecular complexity index is 1100. The minimum Gasteiger partial charge on any atom is -0.352 e. The van der Waals surface area contributed by atoms with Crippen molar-refractivity contribution in [1.82, 2.24) is 10.2 Å². The monoisotopic (exact) mass is 487 g/mol. The van der Waals surface area contributed by atoms with Crippen LogP contribution in [0.4, 0.5) is 5.69 Å². The van der Waals surface area contributed by atoms with E-state index in [4.69, 9.17) is 0 Å². The average Bonchev–Trinajstić information content (AvgIpc) is 2.77. The molecule has 0 radical (unpaired) electrons. The molecule has 0 aromatic heterocycles. The molecular weight excluding hydrogens is 450 g/mol. The number of anilines is 1. The molecule has 1 N–H and O–H groups in total. The summed E-state index contributed by atoms with van der Waals surface area (Å²) in [4.78, 5) is 28.3. The highest BCUT2D eigenvalue weighted by atomic mass is 32.2. The molecule has 0 aliphatic carbocycles. The van der Waals surface area contributed by atoms with Crippen LogP contribution >= 0.6 is 0 Å². The van der Waals surface area contributed by atoms with Gasteiger partial charge >= 0.3 is 0 Å². The van der Waals surface area contributed by atoms with Crippen molar-refractivity contribution in [2.45, 2.75) is 66.1 Å². The highest BCUT2D eigenvalue weighted by Gasteiger charge is 2.32. The van der Waals surface area contributed by atoms with E-state index in [9.17, 15) is 18.0 Å². The van der Waals surface area contributed by atoms with E-state index in [0.717, 1.165) is 33.7 Å². The zero-order valence-electron chi connectivity index (χ0n) is 21.0. The van der Waals surface area contributed by atoms with Crippen molar-refractivity contribution in [3.63, 3.8) is 0 Å². The first kappa shape index (κ1) is 27.4. The quantitative estimate of drug-likeness (QED) is 0.522. The van der Waals surface area contributed by atoms with Gasteiger partial charge in [0, 0.05) is 12.6 Å². The zero-order chi connectivity index (χ0) is 25.5. The number of aryl methyl sites for hydroxylation is 2. The minimum atomic E-state index is -3.73. The summed E-state index contributed by atoms with van der Waals surface area (Å²) in [5.74, 6) is -0.665. The lowest BCUT2D eigenvalue weighted by Crippen LogP contribution is -2.53. The second-order valence-electron chi connectivity index (χ2n) is 8.80. The third kappa shape index (κ3) is 7.32. The Hall–Kier alpha value is -2.87. The molecule has 2 amide bonds. The number of amides is 2. The van der Waals surface area contributed by atoms with Gasteiger partial charge < -0.3 is 10.2 Å². The van der Waals surface area contributed by atoms with Crippen molar-refractivity contribution in [2.24, 2.45) is 0 Å². The Morgan fingerprint density at radius 2 is 1.68 bits per heavy atom. The van der Waals surface area contributed by atoms with Gasteiger partial charge in [0.2, 0.25) is 21.8 Å². The first-order valence-corrected chi connectivity index (χ1v) is 13.5. The lowest BCUT2D eigenvalue weighted by molar-refractivity contribution is -0.140. The molecule has 186 valence electrons. The van der Waals surface area contributed by atoms with Crippen LogP contribution in [0.2, 0.25) is 0 Å². The Labute approximate surface area is 204 Å². The van der Waals surface area contributed by atoms with Crippen molar-refractivity contribution in [2.75, 3.05) is 17.1 Å². The van der Waals surface area contributed by atoms with Gasteiger partial charge in [-0.2, -0.15) is 0 Å². The maximum Gasteiger partial charge on any atom is 0.244 e. The summed E-state index contributed by atoms with van der Waals surface area (Å²) in [5, 5.41) is 2.97. The van der Waals surface area contributed by atoms with Crippen LogP contribution in [0.25, 0.3) is 0 Å². The molecule has 2 atom stereocenters. The fourth-order valence-corrected chi connectivity index (χ4v) is 4.57. The third-order valence-corrected chi connectivity index (χ3v) is 7.10. The van der Waals surface area contributed by atoms with Crippen molar-refractivity contribution in [3.05, 3.63) is 65.2 Å². The molecule has 8 heteroatoms. The Morgan fingerprint density at radius 3 is 2.24 bits per heavy atom. The standard InChI is InChI=1S/C26H37N3O4S/c1-7-21(5)27-26(31)24(8-2)28(17-22-14-10-9-13-20(22)4)25(30)18-29(34(6,32)33)23-15-11-12-19(3)16-23/h9-16,21,24H,7-8,17-18H2,1-6H3,(H,27,31)/t21-,24+/m1/s1. The first-order valence-electron chi connectivity index (χ1n) is 11.7. The lowest BCUT2D eigenvalue weighted by Gasteiger charge is -2.33. The molecule has 0 heterocycles. The second kappa shape index (κ2) is 12.0. The van der Waals surface area contributed by atoms with Crippen molar-refractivity contribution >= 4 is 27.5 Å². The maximum atomic E-state index is 13.7. The summed E-state index contributed by atoms with van der Waals surface area (Å²) in [7, 11) is -3.73. The van der Waals surface area contributed by atoms with Gasteiger partial charge in [-0.15, -0.1) is 0 Å². The Kier molecular flexibility index (Phi) is 9.67. The van der Waals surface area contributed by atoms with Crippen LogP contribution in [0.15, 0.2) is 48.5 Å². The van der Waals surface area contributed by atoms with Crippen LogP contribution in [0.3, 0.4) is 0 Å². The molecule has 2 aromatic carbocycles. The molecule has 34 heavy (non-hydrogen) atoms. The normalized spacial score (nSPS) is 13.1. The van der Waals surface area contributed by atoms with Crippen LogP contribution in [0, 0.1) is 13.8 Å². The highest BCUT2D eigenvalue weighted by molar-refractivity contribution is 7.92. The molecule has 0 aliphatic rings. The number of carbonyl (C=O) groups is 2. The van der Waals surface area contributed by atoms with E-state index in [1.165, 1.54) is 4.90 Å². The summed E-state index contributed by atoms with van der Waals surface area (Å²) >= 11 is 0. The molecule has 0 spiro atoms. The Balaban J connectivity index is 2.45. The summed E-state index contributed by atoms with van der Waals surface area (Å²) in [6.45, 7) is 9.39. The second-order valence-corrected chi connectivity index (χ2v) is 10.7. The predicted molar refractivity (Wildman–Crippen MR) is 137 cm³/mol. The molecule has 7 nitrogen and oxygen atoms in total. The van der Waals surface area contributed by atoms with Crippen LogP contribution in [0.1, 0.15) is 50.3 Å². The number of nitrogens with one attached hydrogen (secondary N) is 1. The van der Waals surface area contributed by atoms with Crippen molar-refractivity contribution in [1.29, 1.82) is 0 Å². The van der Waals surface area contributed by atoms with Crippen LogP contribution in [-0.4, -0.2) is 50.0 Å². The largest absolute Gasteiger partial charge is 0.352 e. The molecule has 0 saturated carbocycles. The SMILES string of the molecule is CC[C@@H](C)NC(=O)[C@H](CC)N(Cc1ccccc1C)C(=O)CN(c1cccc(C)c1)S(C)(=O)=O. The zero-order valence-corrected chi connectivity index (χ0v) is 21.9. The molecule has 0 bridgehead atoms. The highest BCUT2D eigenvalue weighted by Crippen LogP contribution is 2.21. The van der Waals surface area contributed by atoms with Gasteiger partial charge in [0.1, 0.15) is 12.6 Å². The number of rotatable bonds is 11. The van der Waals surface area contributed by atoms with E-state index in [-0.39, 0.29) is 25.0 Å². The number of sulfonamides is 1. The predicted octanol–water partition coefficient (Wildman–Crippen LogP) is 3.79. The topological polar surface area (TPSA) is 86.8 Å². The molecule has 2 rings (SSSR count). The minimum absolute atomic E-state index is 0.0308. The molecular formula is C26H37N3O4S. The van der Waals surface area contributed by atoms with E-state index in [0.29, 0.717) is 12.1 Å². The van der Waals surface area contributed by atoms with Crippen LogP contribution in [0.5, 0.6) is 0 Å². The van der Waals surface area contributed by atoms with Gasteiger partial charge in [-0.25, -0.2) is 8.42 Å². The fraction of sp³-hybridized carbons (Fsp3) is 0.462. The van der Waals surface area contributed by atoms with Crippen LogP contribution in [-0.2, 0) is 26.2 Å². The summed E-state index contributed by atoms with van der Waals surface area (Å²) < 4.78 is 26.4. The summed E-state index contributed by atoms with van der Waals surface area (Å²) in [6.07, 6.45) is 2.26. The van der Waals surface area contributed by atoms with Gasteiger partial charge in [0.05, 0.1) is 11.9 Å². The number of benzene rings is 2. The maximum absolute atomic E-state index is 13.7. The molecule has 0 aliphatic heterocycles. The fourth-order valence-electron chi connectivity index (χ4n) is 3.73. The number of nitrogens with zero attached hydrogens (tertiary/aromatic N) is 2. The number of carbonyl (C=O) groups excluding carboxylic acids is 2. The van der Waals surface area contributed by atoms with E-state index < -0.39 is 22.0 Å². The van der Waals surface area contributed by atoms with Gasteiger partial charge in [0.25, 0.3) is 0 Å². The van der Waals surface area contributed by atoms with E-state index in [1.54, 1.807) is 18.2 Å². The number of hydrogen-bond acceptors (Lipinski definition) is 4.